The predicted octanol–water partition coefficient (Wildman–Crippen LogP) is 1.39. The second-order valence-electron chi connectivity index (χ2n) is 7.34. The van der Waals surface area contributed by atoms with E-state index in [1.807, 2.05) is 30.0 Å². The van der Waals surface area contributed by atoms with E-state index in [-0.39, 0.29) is 23.5 Å². The molecular formula is C19H29N3O3S. The third-order valence-electron chi connectivity index (χ3n) is 5.59. The second-order valence-corrected chi connectivity index (χ2v) is 9.38. The first kappa shape index (κ1) is 19.3. The number of nitrogens with zero attached hydrogens (tertiary/aromatic N) is 2. The fourth-order valence-corrected chi connectivity index (χ4v) is 6.01. The highest BCUT2D eigenvalue weighted by Gasteiger charge is 2.43. The van der Waals surface area contributed by atoms with Crippen LogP contribution in [0.3, 0.4) is 0 Å². The van der Waals surface area contributed by atoms with Crippen LogP contribution in [0, 0.1) is 5.92 Å². The first-order chi connectivity index (χ1) is 12.5. The molecule has 2 saturated heterocycles. The Kier molecular flexibility index (Phi) is 5.99. The lowest BCUT2D eigenvalue weighted by molar-refractivity contribution is -0.133. The van der Waals surface area contributed by atoms with Gasteiger partial charge in [-0.15, -0.1) is 0 Å². The first-order valence-electron chi connectivity index (χ1n) is 9.51. The van der Waals surface area contributed by atoms with Gasteiger partial charge in [0.25, 0.3) is 0 Å². The van der Waals surface area contributed by atoms with E-state index in [1.165, 1.54) is 9.87 Å². The number of sulfonamides is 1. The van der Waals surface area contributed by atoms with Gasteiger partial charge in [0.15, 0.2) is 0 Å². The number of rotatable bonds is 6. The molecule has 0 saturated carbocycles. The number of benzene rings is 1. The molecule has 3 atom stereocenters. The summed E-state index contributed by atoms with van der Waals surface area (Å²) in [5, 5.41) is 0. The zero-order valence-electron chi connectivity index (χ0n) is 15.4. The normalized spacial score (nSPS) is 27.2. The molecule has 2 aliphatic heterocycles. The number of hydrogen-bond donors (Lipinski definition) is 1. The fraction of sp³-hybridized carbons (Fsp3) is 0.632. The summed E-state index contributed by atoms with van der Waals surface area (Å²) in [6.45, 7) is 4.04. The number of carbonyl (C=O) groups excluding carboxylic acids is 1. The number of amides is 1. The Morgan fingerprint density at radius 2 is 1.96 bits per heavy atom. The molecule has 0 bridgehead atoms. The molecule has 0 spiro atoms. The third kappa shape index (κ3) is 3.80. The minimum absolute atomic E-state index is 0.0564. The molecule has 7 heteroatoms. The van der Waals surface area contributed by atoms with Crippen LogP contribution in [0.1, 0.15) is 37.7 Å². The van der Waals surface area contributed by atoms with Gasteiger partial charge in [-0.2, -0.15) is 4.31 Å². The van der Waals surface area contributed by atoms with Crippen molar-refractivity contribution in [1.82, 2.24) is 9.21 Å². The van der Waals surface area contributed by atoms with Crippen LogP contribution in [-0.4, -0.2) is 61.5 Å². The number of nitrogens with two attached hydrogens (primary N) is 1. The summed E-state index contributed by atoms with van der Waals surface area (Å²) in [5.41, 5.74) is 7.16. The third-order valence-corrected chi connectivity index (χ3v) is 7.67. The van der Waals surface area contributed by atoms with E-state index < -0.39 is 16.1 Å². The number of hydrogen-bond acceptors (Lipinski definition) is 4. The Morgan fingerprint density at radius 1 is 1.23 bits per heavy atom. The van der Waals surface area contributed by atoms with E-state index in [2.05, 4.69) is 12.1 Å². The average Bonchev–Trinajstić information content (AvgIpc) is 3.29. The maximum Gasteiger partial charge on any atom is 0.241 e. The molecule has 1 aromatic rings. The van der Waals surface area contributed by atoms with Crippen molar-refractivity contribution < 1.29 is 13.2 Å². The molecule has 0 radical (unpaired) electrons. The van der Waals surface area contributed by atoms with Crippen molar-refractivity contribution in [1.29, 1.82) is 0 Å². The van der Waals surface area contributed by atoms with Crippen molar-refractivity contribution >= 4 is 15.9 Å². The topological polar surface area (TPSA) is 83.7 Å². The first-order valence-corrected chi connectivity index (χ1v) is 11.1. The van der Waals surface area contributed by atoms with Gasteiger partial charge in [-0.05, 0) is 37.3 Å². The lowest BCUT2D eigenvalue weighted by Gasteiger charge is -2.27. The van der Waals surface area contributed by atoms with Gasteiger partial charge in [-0.3, -0.25) is 4.79 Å². The van der Waals surface area contributed by atoms with Gasteiger partial charge < -0.3 is 10.6 Å². The van der Waals surface area contributed by atoms with Gasteiger partial charge in [0, 0.05) is 25.6 Å². The molecule has 144 valence electrons. The molecule has 2 fully saturated rings. The van der Waals surface area contributed by atoms with Gasteiger partial charge in [0.1, 0.15) is 6.04 Å². The van der Waals surface area contributed by atoms with Crippen LogP contribution in [-0.2, 0) is 14.8 Å². The Bertz CT molecular complexity index is 723. The standard InChI is InChI=1S/C19H29N3O3S/c1-2-11-26(24,25)22-10-6-9-18(22)19(23)21-13-16(12-20)17(14-21)15-7-4-3-5-8-15/h3-5,7-8,16-18H,2,6,9-14,20H2,1H3/t16-,17+,18?/m1/s1. The van der Waals surface area contributed by atoms with Crippen molar-refractivity contribution in [2.45, 2.75) is 38.1 Å². The lowest BCUT2D eigenvalue weighted by Crippen LogP contribution is -2.47. The van der Waals surface area contributed by atoms with Gasteiger partial charge in [-0.1, -0.05) is 37.3 Å². The summed E-state index contributed by atoms with van der Waals surface area (Å²) < 4.78 is 26.4. The molecule has 2 aliphatic rings. The van der Waals surface area contributed by atoms with E-state index in [9.17, 15) is 13.2 Å². The van der Waals surface area contributed by atoms with Crippen molar-refractivity contribution in [3.05, 3.63) is 35.9 Å². The Balaban J connectivity index is 1.76. The van der Waals surface area contributed by atoms with Crippen molar-refractivity contribution in [2.75, 3.05) is 31.9 Å². The maximum absolute atomic E-state index is 13.1. The smallest absolute Gasteiger partial charge is 0.241 e. The van der Waals surface area contributed by atoms with Crippen LogP contribution in [0.25, 0.3) is 0 Å². The zero-order valence-corrected chi connectivity index (χ0v) is 16.2. The zero-order chi connectivity index (χ0) is 18.7. The van der Waals surface area contributed by atoms with E-state index >= 15 is 0 Å². The molecule has 2 N–H and O–H groups in total. The molecule has 0 aliphatic carbocycles. The van der Waals surface area contributed by atoms with Crippen LogP contribution < -0.4 is 5.73 Å². The van der Waals surface area contributed by atoms with Crippen LogP contribution >= 0.6 is 0 Å². The SMILES string of the molecule is CCCS(=O)(=O)N1CCCC1C(=O)N1C[C@@H](CN)[C@H](c2ccccc2)C1. The van der Waals surface area contributed by atoms with Gasteiger partial charge in [-0.25, -0.2) is 8.42 Å². The van der Waals surface area contributed by atoms with Crippen molar-refractivity contribution in [2.24, 2.45) is 11.7 Å². The summed E-state index contributed by atoms with van der Waals surface area (Å²) in [5.74, 6) is 0.476. The predicted molar refractivity (Wildman–Crippen MR) is 102 cm³/mol. The molecule has 26 heavy (non-hydrogen) atoms. The maximum atomic E-state index is 13.1. The lowest BCUT2D eigenvalue weighted by atomic mass is 9.89. The summed E-state index contributed by atoms with van der Waals surface area (Å²) in [6, 6.07) is 9.60. The van der Waals surface area contributed by atoms with E-state index in [4.69, 9.17) is 5.73 Å². The Morgan fingerprint density at radius 3 is 2.62 bits per heavy atom. The van der Waals surface area contributed by atoms with Gasteiger partial charge in [0.2, 0.25) is 15.9 Å². The minimum Gasteiger partial charge on any atom is -0.340 e. The summed E-state index contributed by atoms with van der Waals surface area (Å²) >= 11 is 0. The molecule has 3 rings (SSSR count). The molecule has 2 heterocycles. The summed E-state index contributed by atoms with van der Waals surface area (Å²) in [4.78, 5) is 15.0. The highest BCUT2D eigenvalue weighted by Crippen LogP contribution is 2.34. The largest absolute Gasteiger partial charge is 0.340 e. The van der Waals surface area contributed by atoms with Crippen LogP contribution in [0.4, 0.5) is 0 Å². The Hall–Kier alpha value is -1.44. The summed E-state index contributed by atoms with van der Waals surface area (Å²) in [6.07, 6.45) is 1.92. The quantitative estimate of drug-likeness (QED) is 0.810. The van der Waals surface area contributed by atoms with Crippen molar-refractivity contribution in [3.63, 3.8) is 0 Å². The molecule has 1 aromatic carbocycles. The molecule has 0 aromatic heterocycles. The van der Waals surface area contributed by atoms with Crippen LogP contribution in [0.2, 0.25) is 0 Å². The van der Waals surface area contributed by atoms with E-state index in [0.29, 0.717) is 39.0 Å². The fourth-order valence-electron chi connectivity index (χ4n) is 4.27. The highest BCUT2D eigenvalue weighted by molar-refractivity contribution is 7.89. The number of likely N-dealkylation sites (tertiary alicyclic amines) is 1. The van der Waals surface area contributed by atoms with E-state index in [1.54, 1.807) is 0 Å². The second kappa shape index (κ2) is 8.06. The molecule has 1 amide bonds. The monoisotopic (exact) mass is 379 g/mol. The Labute approximate surface area is 156 Å². The minimum atomic E-state index is -3.36. The van der Waals surface area contributed by atoms with Gasteiger partial charge >= 0.3 is 0 Å². The summed E-state index contributed by atoms with van der Waals surface area (Å²) in [7, 11) is -3.36. The number of carbonyl (C=O) groups is 1. The highest BCUT2D eigenvalue weighted by atomic mass is 32.2. The van der Waals surface area contributed by atoms with Gasteiger partial charge in [0.05, 0.1) is 5.75 Å². The van der Waals surface area contributed by atoms with Crippen LogP contribution in [0.5, 0.6) is 0 Å². The average molecular weight is 380 g/mol. The molecular weight excluding hydrogens is 350 g/mol. The molecule has 1 unspecified atom stereocenters. The van der Waals surface area contributed by atoms with Crippen molar-refractivity contribution in [3.8, 4) is 0 Å². The van der Waals surface area contributed by atoms with E-state index in [0.717, 1.165) is 6.42 Å². The molecule has 6 nitrogen and oxygen atoms in total. The van der Waals surface area contributed by atoms with Crippen LogP contribution in [0.15, 0.2) is 30.3 Å².